The van der Waals surface area contributed by atoms with Crippen LogP contribution in [-0.2, 0) is 0 Å². The van der Waals surface area contributed by atoms with Crippen LogP contribution in [-0.4, -0.2) is 8.07 Å². The fourth-order valence-corrected chi connectivity index (χ4v) is 20.0. The number of hydrogen-bond donors (Lipinski definition) is 0. The van der Waals surface area contributed by atoms with E-state index >= 15 is 0 Å². The topological polar surface area (TPSA) is 0 Å². The predicted octanol–water partition coefficient (Wildman–Crippen LogP) is 11.2. The highest BCUT2D eigenvalue weighted by molar-refractivity contribution is 6.81. The second-order valence-corrected chi connectivity index (χ2v) is 20.2. The Morgan fingerprint density at radius 1 is 0.583 bits per heavy atom. The third kappa shape index (κ3) is 4.77. The molecule has 0 heterocycles. The summed E-state index contributed by atoms with van der Waals surface area (Å²) in [6, 6.07) is 1.71. The zero-order valence-corrected chi connectivity index (χ0v) is 25.1. The summed E-state index contributed by atoms with van der Waals surface area (Å²) in [6.07, 6.45) is 35.0. The van der Waals surface area contributed by atoms with Crippen LogP contribution in [0.15, 0.2) is 12.7 Å². The van der Waals surface area contributed by atoms with E-state index in [9.17, 15) is 0 Å². The van der Waals surface area contributed by atoms with Crippen LogP contribution in [0.2, 0.25) is 23.7 Å². The fraction of sp³-hybridized carbons (Fsp3) is 0.943. The van der Waals surface area contributed by atoms with Crippen molar-refractivity contribution < 1.29 is 0 Å². The molecule has 0 N–H and O–H groups in total. The van der Waals surface area contributed by atoms with Crippen molar-refractivity contribution in [3.8, 4) is 0 Å². The van der Waals surface area contributed by atoms with E-state index in [4.69, 9.17) is 0 Å². The number of unbranched alkanes of at least 4 members (excludes halogenated alkanes) is 4. The van der Waals surface area contributed by atoms with Crippen LogP contribution in [0.3, 0.4) is 0 Å². The summed E-state index contributed by atoms with van der Waals surface area (Å²) >= 11 is 0. The van der Waals surface area contributed by atoms with Gasteiger partial charge in [-0.25, -0.2) is 0 Å². The van der Waals surface area contributed by atoms with Crippen molar-refractivity contribution in [2.45, 2.75) is 159 Å². The Kier molecular flexibility index (Phi) is 8.44. The van der Waals surface area contributed by atoms with Crippen molar-refractivity contribution in [1.29, 1.82) is 0 Å². The zero-order valence-electron chi connectivity index (χ0n) is 24.1. The summed E-state index contributed by atoms with van der Waals surface area (Å²) in [5, 5.41) is 0. The molecule has 0 aromatic rings. The Morgan fingerprint density at radius 3 is 1.83 bits per heavy atom. The molecule has 0 aliphatic heterocycles. The van der Waals surface area contributed by atoms with Gasteiger partial charge in [-0.3, -0.25) is 0 Å². The largest absolute Gasteiger partial charge is 0.103 e. The van der Waals surface area contributed by atoms with Crippen molar-refractivity contribution in [3.05, 3.63) is 12.7 Å². The van der Waals surface area contributed by atoms with Crippen molar-refractivity contribution in [3.63, 3.8) is 0 Å². The minimum absolute atomic E-state index is 1.14. The zero-order chi connectivity index (χ0) is 24.5. The van der Waals surface area contributed by atoms with E-state index in [0.29, 0.717) is 0 Å². The first kappa shape index (κ1) is 26.2. The predicted molar refractivity (Wildman–Crippen MR) is 159 cm³/mol. The lowest BCUT2D eigenvalue weighted by Gasteiger charge is -2.52. The van der Waals surface area contributed by atoms with E-state index in [0.717, 1.165) is 47.3 Å². The van der Waals surface area contributed by atoms with E-state index < -0.39 is 8.07 Å². The molecular formula is C35H60Si. The lowest BCUT2D eigenvalue weighted by molar-refractivity contribution is 0.180. The lowest BCUT2D eigenvalue weighted by Crippen LogP contribution is -2.50. The van der Waals surface area contributed by atoms with Crippen LogP contribution < -0.4 is 0 Å². The van der Waals surface area contributed by atoms with Crippen LogP contribution in [0.4, 0.5) is 0 Å². The second kappa shape index (κ2) is 11.6. The second-order valence-electron chi connectivity index (χ2n) is 15.3. The highest BCUT2D eigenvalue weighted by Crippen LogP contribution is 2.69. The molecule has 1 heteroatoms. The van der Waals surface area contributed by atoms with Gasteiger partial charge in [0.05, 0.1) is 8.07 Å². The average Bonchev–Trinajstić information content (AvgIpc) is 3.47. The molecule has 6 aliphatic rings. The van der Waals surface area contributed by atoms with Crippen molar-refractivity contribution in [2.75, 3.05) is 0 Å². The van der Waals surface area contributed by atoms with Gasteiger partial charge in [0.25, 0.3) is 0 Å². The van der Waals surface area contributed by atoms with Crippen LogP contribution in [0.25, 0.3) is 0 Å². The van der Waals surface area contributed by atoms with E-state index in [1.54, 1.807) is 115 Å². The van der Waals surface area contributed by atoms with Gasteiger partial charge < -0.3 is 0 Å². The van der Waals surface area contributed by atoms with Crippen molar-refractivity contribution in [1.82, 2.24) is 0 Å². The van der Waals surface area contributed by atoms with Gasteiger partial charge >= 0.3 is 0 Å². The molecule has 36 heavy (non-hydrogen) atoms. The molecule has 4 unspecified atom stereocenters. The Bertz CT molecular complexity index is 706. The molecule has 0 aromatic carbocycles. The smallest absolute Gasteiger partial charge is 0.0575 e. The maximum Gasteiger partial charge on any atom is 0.0575 e. The molecule has 0 amide bonds. The normalized spacial score (nSPS) is 45.7. The van der Waals surface area contributed by atoms with Crippen molar-refractivity contribution >= 4 is 8.07 Å². The minimum Gasteiger partial charge on any atom is -0.103 e. The Balaban J connectivity index is 1.29. The van der Waals surface area contributed by atoms with Gasteiger partial charge in [0.15, 0.2) is 0 Å². The summed E-state index contributed by atoms with van der Waals surface area (Å²) < 4.78 is 0. The monoisotopic (exact) mass is 508 g/mol. The van der Waals surface area contributed by atoms with Gasteiger partial charge in [-0.2, -0.15) is 0 Å². The number of fused-ring (bicyclic) bond motifs is 6. The van der Waals surface area contributed by atoms with Crippen LogP contribution in [0.1, 0.15) is 135 Å². The van der Waals surface area contributed by atoms with Gasteiger partial charge in [0, 0.05) is 0 Å². The highest BCUT2D eigenvalue weighted by atomic mass is 28.3. The molecule has 6 fully saturated rings. The molecule has 6 saturated carbocycles. The van der Waals surface area contributed by atoms with E-state index in [1.807, 2.05) is 0 Å². The maximum atomic E-state index is 3.98. The third-order valence-electron chi connectivity index (χ3n) is 13.9. The van der Waals surface area contributed by atoms with Gasteiger partial charge in [-0.05, 0) is 103 Å². The van der Waals surface area contributed by atoms with Crippen LogP contribution in [0.5, 0.6) is 0 Å². The first-order valence-corrected chi connectivity index (χ1v) is 20.2. The van der Waals surface area contributed by atoms with Crippen molar-refractivity contribution in [2.24, 2.45) is 47.3 Å². The Morgan fingerprint density at radius 2 is 1.14 bits per heavy atom. The third-order valence-corrected chi connectivity index (χ3v) is 20.1. The molecule has 0 spiro atoms. The molecule has 204 valence electrons. The summed E-state index contributed by atoms with van der Waals surface area (Å²) in [6.45, 7) is 7.06. The summed E-state index contributed by atoms with van der Waals surface area (Å²) in [5.41, 5.74) is 2.41. The van der Waals surface area contributed by atoms with E-state index in [1.165, 1.54) is 36.8 Å². The van der Waals surface area contributed by atoms with Gasteiger partial charge in [0.1, 0.15) is 0 Å². The highest BCUT2D eigenvalue weighted by Gasteiger charge is 2.61. The van der Waals surface area contributed by atoms with E-state index in [2.05, 4.69) is 19.2 Å². The molecule has 11 atom stereocenters. The Hall–Kier alpha value is -0.0431. The summed E-state index contributed by atoms with van der Waals surface area (Å²) in [5.74, 6) is 9.23. The molecule has 0 radical (unpaired) electrons. The molecule has 6 rings (SSSR count). The SMILES string of the molecule is C=CCCCCCC[Si@@](C)(C1[C@H]2CCCCC2[C@H]2CCCC[C@@H]12)[C@H]1CCCC2C1C[C@@H]1CCCC[C@H]21. The first-order valence-electron chi connectivity index (χ1n) is 17.3. The summed E-state index contributed by atoms with van der Waals surface area (Å²) in [4.78, 5) is 0. The van der Waals surface area contributed by atoms with Gasteiger partial charge in [-0.15, -0.1) is 6.58 Å². The Labute approximate surface area is 226 Å². The fourth-order valence-electron chi connectivity index (χ4n) is 12.8. The molecule has 0 nitrogen and oxygen atoms in total. The molecule has 6 aliphatic carbocycles. The molecule has 0 bridgehead atoms. The summed E-state index contributed by atoms with van der Waals surface area (Å²) in [7, 11) is -1.37. The average molecular weight is 509 g/mol. The van der Waals surface area contributed by atoms with Crippen LogP contribution >= 0.6 is 0 Å². The molecule has 0 saturated heterocycles. The number of rotatable bonds is 9. The maximum absolute atomic E-state index is 3.98. The molecule has 0 aromatic heterocycles. The number of hydrogen-bond acceptors (Lipinski definition) is 0. The quantitative estimate of drug-likeness (QED) is 0.165. The van der Waals surface area contributed by atoms with Gasteiger partial charge in [-0.1, -0.05) is 109 Å². The molecular weight excluding hydrogens is 448 g/mol. The lowest BCUT2D eigenvalue weighted by atomic mass is 9.73. The first-order chi connectivity index (χ1) is 17.7. The van der Waals surface area contributed by atoms with Gasteiger partial charge in [0.2, 0.25) is 0 Å². The minimum atomic E-state index is -1.37. The van der Waals surface area contributed by atoms with Crippen LogP contribution in [0, 0.1) is 47.3 Å². The standard InChI is InChI=1S/C35H60Si/c1-3-4-5-6-7-14-24-36(2,34-23-15-22-28-27-17-9-8-16-26(27)25-33(28)34)35-31-20-12-10-18-29(31)30-19-11-13-21-32(30)35/h3,26-35H,1,4-25H2,2H3/t26-,27-,28?,29+,30?,31+,32-,33?,34-,35?,36+/m0/s1. The number of allylic oxidation sites excluding steroid dienone is 1. The van der Waals surface area contributed by atoms with E-state index in [-0.39, 0.29) is 0 Å².